The normalized spacial score (nSPS) is 15.2. The summed E-state index contributed by atoms with van der Waals surface area (Å²) in [5.74, 6) is 0.878. The van der Waals surface area contributed by atoms with Crippen molar-refractivity contribution in [2.45, 2.75) is 27.2 Å². The van der Waals surface area contributed by atoms with Gasteiger partial charge in [-0.1, -0.05) is 18.2 Å². The first kappa shape index (κ1) is 23.2. The molecule has 1 aliphatic heterocycles. The molecule has 2 aromatic carbocycles. The second-order valence-electron chi connectivity index (χ2n) is 8.79. The third-order valence-electron chi connectivity index (χ3n) is 6.40. The van der Waals surface area contributed by atoms with Gasteiger partial charge < -0.3 is 15.0 Å². The average molecular weight is 483 g/mol. The maximum atomic E-state index is 12.8. The topological polar surface area (TPSA) is 102 Å². The van der Waals surface area contributed by atoms with E-state index < -0.39 is 5.92 Å². The molecule has 0 saturated carbocycles. The van der Waals surface area contributed by atoms with Gasteiger partial charge in [0.1, 0.15) is 5.75 Å². The number of hydrogen-bond donors (Lipinski definition) is 1. The summed E-state index contributed by atoms with van der Waals surface area (Å²) < 4.78 is 7.56. The minimum Gasteiger partial charge on any atom is -0.438 e. The van der Waals surface area contributed by atoms with Gasteiger partial charge in [-0.15, -0.1) is 10.2 Å². The molecule has 182 valence electrons. The molecule has 2 aromatic heterocycles. The Hall–Kier alpha value is -4.53. The Morgan fingerprint density at radius 2 is 1.72 bits per heavy atom. The molecule has 36 heavy (non-hydrogen) atoms. The number of benzene rings is 2. The summed E-state index contributed by atoms with van der Waals surface area (Å²) in [4.78, 5) is 26.8. The minimum absolute atomic E-state index is 0.0507. The van der Waals surface area contributed by atoms with Gasteiger partial charge in [0, 0.05) is 36.1 Å². The Morgan fingerprint density at radius 3 is 2.36 bits per heavy atom. The van der Waals surface area contributed by atoms with E-state index in [2.05, 4.69) is 20.6 Å². The van der Waals surface area contributed by atoms with Crippen LogP contribution in [0.4, 0.5) is 11.4 Å². The summed E-state index contributed by atoms with van der Waals surface area (Å²) in [6.07, 6.45) is 0.188. The summed E-state index contributed by atoms with van der Waals surface area (Å²) >= 11 is 0. The lowest BCUT2D eigenvalue weighted by molar-refractivity contribution is -0.122. The highest BCUT2D eigenvalue weighted by atomic mass is 16.5. The summed E-state index contributed by atoms with van der Waals surface area (Å²) in [5.41, 5.74) is 4.52. The minimum atomic E-state index is -0.409. The number of para-hydroxylation sites is 1. The van der Waals surface area contributed by atoms with Crippen molar-refractivity contribution in [2.24, 2.45) is 5.92 Å². The van der Waals surface area contributed by atoms with Gasteiger partial charge in [-0.3, -0.25) is 9.59 Å². The maximum absolute atomic E-state index is 12.8. The van der Waals surface area contributed by atoms with E-state index >= 15 is 0 Å². The van der Waals surface area contributed by atoms with Crippen LogP contribution in [0, 0.1) is 26.7 Å². The fourth-order valence-corrected chi connectivity index (χ4v) is 4.14. The number of aromatic nitrogens is 4. The van der Waals surface area contributed by atoms with Crippen molar-refractivity contribution in [1.82, 2.24) is 20.0 Å². The molecule has 5 rings (SSSR count). The molecule has 4 aromatic rings. The molecule has 1 atom stereocenters. The van der Waals surface area contributed by atoms with Gasteiger partial charge in [0.15, 0.2) is 5.82 Å². The number of carbonyl (C=O) groups excluding carboxylic acids is 2. The standard InChI is InChI=1S/C27H26N6O3/c1-17-18(2)31-33(19(17)3)24-13-14-25(30-29-24)36-23-11-9-21(10-12-23)28-27(35)20-15-26(34)32(16-20)22-7-5-4-6-8-22/h4-14,20H,15-16H2,1-3H3,(H,28,35). The van der Waals surface area contributed by atoms with Gasteiger partial charge in [0.2, 0.25) is 17.7 Å². The lowest BCUT2D eigenvalue weighted by atomic mass is 10.1. The molecule has 3 heterocycles. The molecular weight excluding hydrogens is 456 g/mol. The first-order valence-electron chi connectivity index (χ1n) is 11.7. The Labute approximate surface area is 208 Å². The van der Waals surface area contributed by atoms with Gasteiger partial charge in [0.05, 0.1) is 11.6 Å². The second kappa shape index (κ2) is 9.61. The van der Waals surface area contributed by atoms with E-state index in [0.717, 1.165) is 22.6 Å². The maximum Gasteiger partial charge on any atom is 0.238 e. The smallest absolute Gasteiger partial charge is 0.238 e. The van der Waals surface area contributed by atoms with Gasteiger partial charge in [-0.2, -0.15) is 5.10 Å². The van der Waals surface area contributed by atoms with Crippen LogP contribution in [0.5, 0.6) is 11.6 Å². The largest absolute Gasteiger partial charge is 0.438 e. The first-order chi connectivity index (χ1) is 17.4. The van der Waals surface area contributed by atoms with Crippen LogP contribution in [0.1, 0.15) is 23.4 Å². The molecule has 2 amide bonds. The van der Waals surface area contributed by atoms with E-state index in [9.17, 15) is 9.59 Å². The molecule has 1 N–H and O–H groups in total. The number of amides is 2. The molecule has 0 spiro atoms. The van der Waals surface area contributed by atoms with E-state index in [4.69, 9.17) is 4.74 Å². The van der Waals surface area contributed by atoms with Crippen LogP contribution in [0.25, 0.3) is 5.82 Å². The fraction of sp³-hybridized carbons (Fsp3) is 0.222. The highest BCUT2D eigenvalue weighted by molar-refractivity contribution is 6.03. The summed E-state index contributed by atoms with van der Waals surface area (Å²) in [6, 6.07) is 19.9. The van der Waals surface area contributed by atoms with Crippen LogP contribution in [0.2, 0.25) is 0 Å². The van der Waals surface area contributed by atoms with Crippen LogP contribution in [0.3, 0.4) is 0 Å². The van der Waals surface area contributed by atoms with E-state index in [0.29, 0.717) is 29.7 Å². The summed E-state index contributed by atoms with van der Waals surface area (Å²) in [5, 5.41) is 15.8. The number of carbonyl (C=O) groups is 2. The quantitative estimate of drug-likeness (QED) is 0.438. The van der Waals surface area contributed by atoms with Gasteiger partial charge >= 0.3 is 0 Å². The highest BCUT2D eigenvalue weighted by Crippen LogP contribution is 2.27. The molecule has 0 radical (unpaired) electrons. The van der Waals surface area contributed by atoms with Crippen LogP contribution in [-0.4, -0.2) is 38.3 Å². The van der Waals surface area contributed by atoms with Crippen LogP contribution >= 0.6 is 0 Å². The molecule has 1 aliphatic rings. The summed E-state index contributed by atoms with van der Waals surface area (Å²) in [6.45, 7) is 6.34. The highest BCUT2D eigenvalue weighted by Gasteiger charge is 2.35. The number of rotatable bonds is 6. The number of hydrogen-bond acceptors (Lipinski definition) is 6. The number of nitrogens with zero attached hydrogens (tertiary/aromatic N) is 5. The van der Waals surface area contributed by atoms with E-state index in [1.165, 1.54) is 0 Å². The Morgan fingerprint density at radius 1 is 0.972 bits per heavy atom. The van der Waals surface area contributed by atoms with Crippen molar-refractivity contribution in [2.75, 3.05) is 16.8 Å². The van der Waals surface area contributed by atoms with Gasteiger partial charge in [-0.25, -0.2) is 4.68 Å². The molecular formula is C27H26N6O3. The molecule has 1 unspecified atom stereocenters. The predicted octanol–water partition coefficient (Wildman–Crippen LogP) is 4.37. The van der Waals surface area contributed by atoms with Crippen molar-refractivity contribution in [3.05, 3.63) is 83.7 Å². The van der Waals surface area contributed by atoms with E-state index in [1.54, 1.807) is 46.0 Å². The predicted molar refractivity (Wildman–Crippen MR) is 135 cm³/mol. The van der Waals surface area contributed by atoms with Gasteiger partial charge in [0.25, 0.3) is 0 Å². The Bertz CT molecular complexity index is 1400. The van der Waals surface area contributed by atoms with E-state index in [-0.39, 0.29) is 18.2 Å². The van der Waals surface area contributed by atoms with Crippen molar-refractivity contribution >= 4 is 23.2 Å². The van der Waals surface area contributed by atoms with Crippen molar-refractivity contribution in [3.8, 4) is 17.4 Å². The average Bonchev–Trinajstić information content (AvgIpc) is 3.41. The number of aryl methyl sites for hydroxylation is 1. The van der Waals surface area contributed by atoms with Crippen LogP contribution in [-0.2, 0) is 9.59 Å². The zero-order valence-corrected chi connectivity index (χ0v) is 20.3. The molecule has 1 fully saturated rings. The first-order valence-corrected chi connectivity index (χ1v) is 11.7. The molecule has 9 heteroatoms. The lowest BCUT2D eigenvalue weighted by Crippen LogP contribution is -2.28. The molecule has 0 bridgehead atoms. The van der Waals surface area contributed by atoms with E-state index in [1.807, 2.05) is 51.1 Å². The van der Waals surface area contributed by atoms with Crippen LogP contribution in [0.15, 0.2) is 66.7 Å². The molecule has 0 aliphatic carbocycles. The molecule has 9 nitrogen and oxygen atoms in total. The zero-order valence-electron chi connectivity index (χ0n) is 20.3. The third kappa shape index (κ3) is 4.68. The van der Waals surface area contributed by atoms with Crippen molar-refractivity contribution in [3.63, 3.8) is 0 Å². The second-order valence-corrected chi connectivity index (χ2v) is 8.79. The number of anilines is 2. The number of ether oxygens (including phenoxy) is 1. The Kier molecular flexibility index (Phi) is 6.20. The fourth-order valence-electron chi connectivity index (χ4n) is 4.14. The SMILES string of the molecule is Cc1nn(-c2ccc(Oc3ccc(NC(=O)C4CC(=O)N(c5ccccc5)C4)cc3)nn2)c(C)c1C. The van der Waals surface area contributed by atoms with Gasteiger partial charge in [-0.05, 0) is 68.8 Å². The zero-order chi connectivity index (χ0) is 25.2. The number of nitrogens with one attached hydrogen (secondary N) is 1. The lowest BCUT2D eigenvalue weighted by Gasteiger charge is -2.16. The monoisotopic (exact) mass is 482 g/mol. The Balaban J connectivity index is 1.19. The molecule has 1 saturated heterocycles. The summed E-state index contributed by atoms with van der Waals surface area (Å²) in [7, 11) is 0. The van der Waals surface area contributed by atoms with Crippen molar-refractivity contribution in [1.29, 1.82) is 0 Å². The third-order valence-corrected chi connectivity index (χ3v) is 6.40. The van der Waals surface area contributed by atoms with Crippen molar-refractivity contribution < 1.29 is 14.3 Å². The van der Waals surface area contributed by atoms with Crippen LogP contribution < -0.4 is 15.0 Å².